The van der Waals surface area contributed by atoms with Crippen molar-refractivity contribution in [3.05, 3.63) is 41.3 Å². The molecule has 1 fully saturated rings. The van der Waals surface area contributed by atoms with Gasteiger partial charge in [0.1, 0.15) is 15.8 Å². The molecule has 0 aliphatic carbocycles. The second kappa shape index (κ2) is 10.2. The standard InChI is InChI=1S/C25H29ClFN5O2S/c1-14(2)32(28-6)22-9-16(7-8-29-22)23-30-31-24(35-23)18-10-20(27)21(11-19(18)26)33-13-17-12-25(4,5)34-15(17)3/h7-11,14-15,17H,6,12-13H2,1-5H3. The maximum Gasteiger partial charge on any atom is 0.165 e. The highest BCUT2D eigenvalue weighted by atomic mass is 35.5. The third kappa shape index (κ3) is 5.63. The van der Waals surface area contributed by atoms with Crippen LogP contribution in [0.4, 0.5) is 10.2 Å². The van der Waals surface area contributed by atoms with Crippen LogP contribution in [0.15, 0.2) is 35.6 Å². The Hall–Kier alpha value is -2.62. The number of rotatable bonds is 8. The van der Waals surface area contributed by atoms with Crippen LogP contribution >= 0.6 is 22.9 Å². The van der Waals surface area contributed by atoms with Crippen LogP contribution < -0.4 is 9.75 Å². The van der Waals surface area contributed by atoms with Crippen molar-refractivity contribution in [3.8, 4) is 26.9 Å². The Bertz CT molecular complexity index is 1220. The fraction of sp³-hybridized carbons (Fsp3) is 0.440. The molecule has 2 atom stereocenters. The Kier molecular flexibility index (Phi) is 7.40. The van der Waals surface area contributed by atoms with Crippen molar-refractivity contribution in [1.29, 1.82) is 0 Å². The van der Waals surface area contributed by atoms with E-state index in [0.717, 1.165) is 12.0 Å². The number of pyridine rings is 1. The van der Waals surface area contributed by atoms with Crippen LogP contribution in [0.1, 0.15) is 41.0 Å². The average molecular weight is 518 g/mol. The second-order valence-corrected chi connectivity index (χ2v) is 10.9. The van der Waals surface area contributed by atoms with Gasteiger partial charge in [-0.2, -0.15) is 5.10 Å². The van der Waals surface area contributed by atoms with E-state index >= 15 is 0 Å². The van der Waals surface area contributed by atoms with Crippen LogP contribution in [0, 0.1) is 11.7 Å². The average Bonchev–Trinajstić information content (AvgIpc) is 3.38. The summed E-state index contributed by atoms with van der Waals surface area (Å²) in [5, 5.41) is 15.8. The van der Waals surface area contributed by atoms with E-state index in [0.29, 0.717) is 33.0 Å². The number of hydrazone groups is 1. The Morgan fingerprint density at radius 1 is 1.31 bits per heavy atom. The maximum atomic E-state index is 14.9. The molecule has 3 heterocycles. The molecule has 0 spiro atoms. The first-order valence-electron chi connectivity index (χ1n) is 11.4. The Morgan fingerprint density at radius 2 is 2.06 bits per heavy atom. The fourth-order valence-corrected chi connectivity index (χ4v) is 5.43. The number of halogens is 2. The van der Waals surface area contributed by atoms with Crippen LogP contribution in [0.25, 0.3) is 21.1 Å². The maximum absolute atomic E-state index is 14.9. The van der Waals surface area contributed by atoms with Gasteiger partial charge in [-0.05, 0) is 59.2 Å². The van der Waals surface area contributed by atoms with Gasteiger partial charge in [-0.1, -0.05) is 22.9 Å². The zero-order valence-corrected chi connectivity index (χ0v) is 22.0. The summed E-state index contributed by atoms with van der Waals surface area (Å²) in [5.74, 6) is 0.453. The van der Waals surface area contributed by atoms with E-state index in [-0.39, 0.29) is 29.4 Å². The predicted octanol–water partition coefficient (Wildman–Crippen LogP) is 6.47. The third-order valence-electron chi connectivity index (χ3n) is 5.92. The predicted molar refractivity (Wildman–Crippen MR) is 139 cm³/mol. The third-order valence-corrected chi connectivity index (χ3v) is 7.24. The molecule has 4 rings (SSSR count). The van der Waals surface area contributed by atoms with Crippen molar-refractivity contribution in [2.45, 2.75) is 58.8 Å². The summed E-state index contributed by atoms with van der Waals surface area (Å²) in [5.41, 5.74) is 1.08. The molecule has 1 saturated heterocycles. The summed E-state index contributed by atoms with van der Waals surface area (Å²) >= 11 is 7.83. The van der Waals surface area contributed by atoms with Crippen molar-refractivity contribution < 1.29 is 13.9 Å². The van der Waals surface area contributed by atoms with Gasteiger partial charge in [0.15, 0.2) is 11.6 Å². The summed E-state index contributed by atoms with van der Waals surface area (Å²) in [4.78, 5) is 4.37. The van der Waals surface area contributed by atoms with Gasteiger partial charge < -0.3 is 9.47 Å². The van der Waals surface area contributed by atoms with E-state index in [4.69, 9.17) is 21.1 Å². The van der Waals surface area contributed by atoms with Crippen LogP contribution in [-0.4, -0.2) is 46.3 Å². The van der Waals surface area contributed by atoms with Crippen molar-refractivity contribution in [3.63, 3.8) is 0 Å². The lowest BCUT2D eigenvalue weighted by Gasteiger charge is -2.21. The number of aromatic nitrogens is 3. The molecule has 7 nitrogen and oxygen atoms in total. The van der Waals surface area contributed by atoms with Crippen molar-refractivity contribution in [1.82, 2.24) is 15.2 Å². The van der Waals surface area contributed by atoms with Gasteiger partial charge in [0.05, 0.1) is 23.3 Å². The summed E-state index contributed by atoms with van der Waals surface area (Å²) < 4.78 is 26.7. The fourth-order valence-electron chi connectivity index (χ4n) is 4.27. The summed E-state index contributed by atoms with van der Waals surface area (Å²) in [7, 11) is 0. The number of ether oxygens (including phenoxy) is 2. The number of nitrogens with zero attached hydrogens (tertiary/aromatic N) is 5. The van der Waals surface area contributed by atoms with E-state index in [1.165, 1.54) is 23.5 Å². The molecule has 35 heavy (non-hydrogen) atoms. The molecular formula is C25H29ClFN5O2S. The number of hydrogen-bond donors (Lipinski definition) is 0. The van der Waals surface area contributed by atoms with E-state index in [2.05, 4.69) is 40.8 Å². The molecule has 0 saturated carbocycles. The van der Waals surface area contributed by atoms with Crippen molar-refractivity contribution >= 4 is 35.5 Å². The molecule has 0 amide bonds. The molecule has 0 radical (unpaired) electrons. The van der Waals surface area contributed by atoms with Crippen LogP contribution in [0.5, 0.6) is 5.75 Å². The number of anilines is 1. The molecular weight excluding hydrogens is 489 g/mol. The minimum atomic E-state index is -0.497. The molecule has 1 aliphatic heterocycles. The Balaban J connectivity index is 1.53. The van der Waals surface area contributed by atoms with E-state index in [9.17, 15) is 4.39 Å². The lowest BCUT2D eigenvalue weighted by atomic mass is 9.95. The van der Waals surface area contributed by atoms with Crippen LogP contribution in [-0.2, 0) is 4.74 Å². The lowest BCUT2D eigenvalue weighted by Crippen LogP contribution is -2.25. The minimum absolute atomic E-state index is 0.0474. The van der Waals surface area contributed by atoms with Gasteiger partial charge >= 0.3 is 0 Å². The molecule has 10 heteroatoms. The monoisotopic (exact) mass is 517 g/mol. The summed E-state index contributed by atoms with van der Waals surface area (Å²) in [6, 6.07) is 6.65. The van der Waals surface area contributed by atoms with Crippen molar-refractivity contribution in [2.75, 3.05) is 11.6 Å². The van der Waals surface area contributed by atoms with Gasteiger partial charge in [0, 0.05) is 42.1 Å². The molecule has 2 unspecified atom stereocenters. The highest BCUT2D eigenvalue weighted by Crippen LogP contribution is 2.39. The zero-order chi connectivity index (χ0) is 25.3. The van der Waals surface area contributed by atoms with E-state index in [1.54, 1.807) is 11.2 Å². The summed E-state index contributed by atoms with van der Waals surface area (Å²) in [6.07, 6.45) is 2.58. The Labute approximate surface area is 214 Å². The van der Waals surface area contributed by atoms with Crippen LogP contribution in [0.3, 0.4) is 0 Å². The van der Waals surface area contributed by atoms with Gasteiger partial charge in [-0.3, -0.25) is 0 Å². The SMILES string of the molecule is C=NN(c1cc(-c2nnc(-c3cc(F)c(OCC4CC(C)(C)OC4C)cc3Cl)s2)ccn1)C(C)C. The lowest BCUT2D eigenvalue weighted by molar-refractivity contribution is -0.0140. The topological polar surface area (TPSA) is 72.7 Å². The first-order valence-corrected chi connectivity index (χ1v) is 12.6. The minimum Gasteiger partial charge on any atom is -0.490 e. The largest absolute Gasteiger partial charge is 0.490 e. The zero-order valence-electron chi connectivity index (χ0n) is 20.5. The second-order valence-electron chi connectivity index (χ2n) is 9.52. The highest BCUT2D eigenvalue weighted by molar-refractivity contribution is 7.18. The van der Waals surface area contributed by atoms with Gasteiger partial charge in [0.2, 0.25) is 0 Å². The smallest absolute Gasteiger partial charge is 0.165 e. The van der Waals surface area contributed by atoms with Gasteiger partial charge in [-0.25, -0.2) is 14.4 Å². The molecule has 0 N–H and O–H groups in total. The molecule has 3 aromatic rings. The van der Waals surface area contributed by atoms with Gasteiger partial charge in [-0.15, -0.1) is 10.2 Å². The quantitative estimate of drug-likeness (QED) is 0.252. The molecule has 186 valence electrons. The number of benzene rings is 1. The molecule has 1 aromatic carbocycles. The molecule has 0 bridgehead atoms. The molecule has 1 aliphatic rings. The van der Waals surface area contributed by atoms with E-state index in [1.807, 2.05) is 32.9 Å². The Morgan fingerprint density at radius 3 is 2.71 bits per heavy atom. The summed E-state index contributed by atoms with van der Waals surface area (Å²) in [6.45, 7) is 14.1. The highest BCUT2D eigenvalue weighted by Gasteiger charge is 2.38. The van der Waals surface area contributed by atoms with E-state index < -0.39 is 5.82 Å². The van der Waals surface area contributed by atoms with Gasteiger partial charge in [0.25, 0.3) is 0 Å². The number of hydrogen-bond acceptors (Lipinski definition) is 8. The first kappa shape index (κ1) is 25.5. The first-order chi connectivity index (χ1) is 16.6. The normalized spacial score (nSPS) is 19.2. The molecule has 2 aromatic heterocycles. The van der Waals surface area contributed by atoms with Crippen molar-refractivity contribution in [2.24, 2.45) is 11.0 Å². The van der Waals surface area contributed by atoms with Crippen LogP contribution in [0.2, 0.25) is 5.02 Å².